The van der Waals surface area contributed by atoms with Crippen molar-refractivity contribution in [1.82, 2.24) is 21.0 Å². The number of aromatic nitrogens is 2. The average molecular weight is 348 g/mol. The Morgan fingerprint density at radius 1 is 0.923 bits per heavy atom. The first kappa shape index (κ1) is 16.0. The lowest BCUT2D eigenvalue weighted by molar-refractivity contribution is 0.0844. The molecule has 4 rings (SSSR count). The van der Waals surface area contributed by atoms with E-state index in [-0.39, 0.29) is 11.3 Å². The molecule has 0 saturated carbocycles. The Kier molecular flexibility index (Phi) is 3.96. The summed E-state index contributed by atoms with van der Waals surface area (Å²) in [4.78, 5) is 36.5. The van der Waals surface area contributed by atoms with Gasteiger partial charge in [0.15, 0.2) is 5.69 Å². The molecule has 0 atom stereocenters. The van der Waals surface area contributed by atoms with Crippen molar-refractivity contribution in [2.75, 3.05) is 0 Å². The highest BCUT2D eigenvalue weighted by Crippen LogP contribution is 2.22. The van der Waals surface area contributed by atoms with Gasteiger partial charge < -0.3 is 0 Å². The smallest absolute Gasteiger partial charge is 0.267 e. The fourth-order valence-corrected chi connectivity index (χ4v) is 3.25. The Hall–Kier alpha value is -3.48. The molecule has 7 nitrogen and oxygen atoms in total. The van der Waals surface area contributed by atoms with Gasteiger partial charge >= 0.3 is 0 Å². The number of carbonyl (C=O) groups is 2. The fourth-order valence-electron chi connectivity index (χ4n) is 3.25. The third-order valence-electron chi connectivity index (χ3n) is 4.56. The summed E-state index contributed by atoms with van der Waals surface area (Å²) in [5.41, 5.74) is 7.35. The summed E-state index contributed by atoms with van der Waals surface area (Å²) < 4.78 is 0. The molecule has 7 heteroatoms. The molecule has 0 radical (unpaired) electrons. The molecule has 0 fully saturated rings. The Balaban J connectivity index is 1.52. The number of nitrogens with zero attached hydrogens (tertiary/aromatic N) is 1. The molecule has 1 heterocycles. The largest absolute Gasteiger partial charge is 0.290 e. The number of fused-ring (bicyclic) bond motifs is 2. The van der Waals surface area contributed by atoms with Gasteiger partial charge in [0, 0.05) is 10.9 Å². The van der Waals surface area contributed by atoms with Crippen LogP contribution in [-0.2, 0) is 12.8 Å². The van der Waals surface area contributed by atoms with E-state index in [1.165, 1.54) is 11.1 Å². The highest BCUT2D eigenvalue weighted by molar-refractivity contribution is 6.05. The molecule has 1 aliphatic rings. The van der Waals surface area contributed by atoms with Crippen LogP contribution in [0.4, 0.5) is 0 Å². The maximum Gasteiger partial charge on any atom is 0.290 e. The zero-order valence-electron chi connectivity index (χ0n) is 13.8. The van der Waals surface area contributed by atoms with Crippen molar-refractivity contribution < 1.29 is 9.59 Å². The van der Waals surface area contributed by atoms with Gasteiger partial charge in [-0.25, -0.2) is 5.10 Å². The van der Waals surface area contributed by atoms with Crippen LogP contribution in [0, 0.1) is 0 Å². The van der Waals surface area contributed by atoms with E-state index in [1.54, 1.807) is 30.3 Å². The molecular weight excluding hydrogens is 332 g/mol. The third-order valence-corrected chi connectivity index (χ3v) is 4.56. The van der Waals surface area contributed by atoms with Gasteiger partial charge in [-0.15, -0.1) is 0 Å². The second-order valence-electron chi connectivity index (χ2n) is 6.19. The number of amides is 2. The second-order valence-corrected chi connectivity index (χ2v) is 6.19. The number of hydrogen-bond acceptors (Lipinski definition) is 4. The van der Waals surface area contributed by atoms with Crippen molar-refractivity contribution in [1.29, 1.82) is 0 Å². The average Bonchev–Trinajstić information content (AvgIpc) is 3.14. The lowest BCUT2D eigenvalue weighted by Crippen LogP contribution is -2.42. The molecule has 0 aliphatic heterocycles. The van der Waals surface area contributed by atoms with E-state index >= 15 is 0 Å². The summed E-state index contributed by atoms with van der Waals surface area (Å²) in [5.74, 6) is -1.01. The highest BCUT2D eigenvalue weighted by atomic mass is 16.2. The van der Waals surface area contributed by atoms with Crippen LogP contribution in [0.2, 0.25) is 0 Å². The zero-order chi connectivity index (χ0) is 18.1. The first-order valence-corrected chi connectivity index (χ1v) is 8.33. The number of H-pyrrole nitrogens is 1. The van der Waals surface area contributed by atoms with Crippen LogP contribution in [-0.4, -0.2) is 22.0 Å². The number of carbonyl (C=O) groups excluding carboxylic acids is 2. The quantitative estimate of drug-likeness (QED) is 0.610. The molecule has 130 valence electrons. The van der Waals surface area contributed by atoms with E-state index in [0.717, 1.165) is 19.3 Å². The van der Waals surface area contributed by atoms with Crippen molar-refractivity contribution in [3.63, 3.8) is 0 Å². The highest BCUT2D eigenvalue weighted by Gasteiger charge is 2.17. The lowest BCUT2D eigenvalue weighted by Gasteiger charge is -2.09. The first-order valence-electron chi connectivity index (χ1n) is 8.33. The molecule has 0 bridgehead atoms. The summed E-state index contributed by atoms with van der Waals surface area (Å²) in [7, 11) is 0. The Labute approximate surface area is 148 Å². The number of hydrogen-bond donors (Lipinski definition) is 3. The first-order chi connectivity index (χ1) is 12.6. The minimum absolute atomic E-state index is 0.0365. The van der Waals surface area contributed by atoms with Crippen molar-refractivity contribution in [3.05, 3.63) is 75.2 Å². The molecular formula is C19H16N4O3. The van der Waals surface area contributed by atoms with E-state index < -0.39 is 11.8 Å². The number of hydrazine groups is 1. The van der Waals surface area contributed by atoms with Crippen molar-refractivity contribution in [2.45, 2.75) is 19.3 Å². The number of rotatable bonds is 2. The fraction of sp³-hybridized carbons (Fsp3) is 0.158. The Bertz CT molecular complexity index is 1090. The predicted octanol–water partition coefficient (Wildman–Crippen LogP) is 1.49. The van der Waals surface area contributed by atoms with Crippen LogP contribution in [0.3, 0.4) is 0 Å². The molecule has 0 spiro atoms. The van der Waals surface area contributed by atoms with Gasteiger partial charge in [-0.2, -0.15) is 5.10 Å². The van der Waals surface area contributed by atoms with Crippen LogP contribution < -0.4 is 16.4 Å². The van der Waals surface area contributed by atoms with Gasteiger partial charge in [-0.05, 0) is 48.6 Å². The summed E-state index contributed by atoms with van der Waals surface area (Å²) in [6.07, 6.45) is 3.11. The predicted molar refractivity (Wildman–Crippen MR) is 95.8 cm³/mol. The summed E-state index contributed by atoms with van der Waals surface area (Å²) in [6, 6.07) is 12.2. The van der Waals surface area contributed by atoms with Crippen LogP contribution in [0.25, 0.3) is 10.8 Å². The molecule has 0 saturated heterocycles. The van der Waals surface area contributed by atoms with Gasteiger partial charge in [0.25, 0.3) is 17.4 Å². The number of benzene rings is 2. The Morgan fingerprint density at radius 3 is 2.50 bits per heavy atom. The minimum atomic E-state index is -0.605. The van der Waals surface area contributed by atoms with Crippen LogP contribution in [0.1, 0.15) is 38.4 Å². The third kappa shape index (κ3) is 2.83. The van der Waals surface area contributed by atoms with Gasteiger partial charge in [-0.3, -0.25) is 25.2 Å². The molecule has 2 amide bonds. The van der Waals surface area contributed by atoms with Gasteiger partial charge in [0.2, 0.25) is 0 Å². The van der Waals surface area contributed by atoms with Crippen molar-refractivity contribution >= 4 is 22.6 Å². The molecule has 26 heavy (non-hydrogen) atoms. The van der Waals surface area contributed by atoms with E-state index in [0.29, 0.717) is 16.3 Å². The zero-order valence-corrected chi connectivity index (χ0v) is 13.8. The van der Waals surface area contributed by atoms with Crippen molar-refractivity contribution in [2.24, 2.45) is 0 Å². The van der Waals surface area contributed by atoms with Crippen molar-refractivity contribution in [3.8, 4) is 0 Å². The van der Waals surface area contributed by atoms with E-state index in [4.69, 9.17) is 0 Å². The summed E-state index contributed by atoms with van der Waals surface area (Å²) in [6.45, 7) is 0. The van der Waals surface area contributed by atoms with Gasteiger partial charge in [0.05, 0.1) is 5.39 Å². The standard InChI is InChI=1S/C19H16N4O3/c24-17(13-9-8-11-4-3-5-12(11)10-13)21-23-19(26)16-14-6-1-2-7-15(14)18(25)22-20-16/h1-2,6-10H,3-5H2,(H,21,24)(H,22,25)(H,23,26). The summed E-state index contributed by atoms with van der Waals surface area (Å²) in [5, 5.41) is 6.87. The van der Waals surface area contributed by atoms with E-state index in [1.807, 2.05) is 12.1 Å². The molecule has 3 aromatic rings. The number of nitrogens with one attached hydrogen (secondary N) is 3. The van der Waals surface area contributed by atoms with Crippen LogP contribution in [0.5, 0.6) is 0 Å². The molecule has 1 aliphatic carbocycles. The maximum atomic E-state index is 12.4. The lowest BCUT2D eigenvalue weighted by atomic mass is 10.1. The topological polar surface area (TPSA) is 104 Å². The molecule has 2 aromatic carbocycles. The minimum Gasteiger partial charge on any atom is -0.267 e. The number of aryl methyl sites for hydroxylation is 2. The molecule has 1 aromatic heterocycles. The number of aromatic amines is 1. The Morgan fingerprint density at radius 2 is 1.65 bits per heavy atom. The molecule has 3 N–H and O–H groups in total. The van der Waals surface area contributed by atoms with Gasteiger partial charge in [0.1, 0.15) is 0 Å². The van der Waals surface area contributed by atoms with Crippen LogP contribution in [0.15, 0.2) is 47.3 Å². The van der Waals surface area contributed by atoms with E-state index in [2.05, 4.69) is 21.0 Å². The maximum absolute atomic E-state index is 12.4. The monoisotopic (exact) mass is 348 g/mol. The van der Waals surface area contributed by atoms with Gasteiger partial charge in [-0.1, -0.05) is 24.3 Å². The van der Waals surface area contributed by atoms with Crippen LogP contribution >= 0.6 is 0 Å². The second kappa shape index (κ2) is 6.44. The normalized spacial score (nSPS) is 12.6. The SMILES string of the molecule is O=C(NNC(=O)c1n[nH]c(=O)c2ccccc12)c1ccc2c(c1)CCC2. The molecule has 0 unspecified atom stereocenters. The van der Waals surface area contributed by atoms with E-state index in [9.17, 15) is 14.4 Å². The summed E-state index contributed by atoms with van der Waals surface area (Å²) >= 11 is 0.